The summed E-state index contributed by atoms with van der Waals surface area (Å²) in [5, 5.41) is 18.7. The maximum atomic E-state index is 12.4. The summed E-state index contributed by atoms with van der Waals surface area (Å²) < 4.78 is 5.08. The van der Waals surface area contributed by atoms with Crippen LogP contribution < -0.4 is 15.4 Å². The zero-order chi connectivity index (χ0) is 23.1. The van der Waals surface area contributed by atoms with E-state index in [9.17, 15) is 19.7 Å². The number of anilines is 2. The van der Waals surface area contributed by atoms with Gasteiger partial charge in [0.1, 0.15) is 5.75 Å². The van der Waals surface area contributed by atoms with E-state index in [1.807, 2.05) is 0 Å². The minimum atomic E-state index is -0.518. The Balaban J connectivity index is 1.48. The Morgan fingerprint density at radius 3 is 2.62 bits per heavy atom. The van der Waals surface area contributed by atoms with Crippen LogP contribution in [0.3, 0.4) is 0 Å². The Hall–Kier alpha value is -3.44. The van der Waals surface area contributed by atoms with Gasteiger partial charge >= 0.3 is 0 Å². The maximum Gasteiger partial charge on any atom is 0.273 e. The fourth-order valence-electron chi connectivity index (χ4n) is 2.67. The predicted molar refractivity (Wildman–Crippen MR) is 126 cm³/mol. The molecule has 0 fully saturated rings. The van der Waals surface area contributed by atoms with Gasteiger partial charge in [0.15, 0.2) is 5.13 Å². The standard InChI is InChI=1S/C21H20N4O5S2/c1-13-3-4-14(9-18(13)25(28)29)20(27)24-21-23-16(11-32-21)10-31-12-19(26)22-15-5-7-17(30-2)8-6-15/h3-9,11H,10,12H2,1-2H3,(H,22,26)(H,23,24,27). The van der Waals surface area contributed by atoms with Gasteiger partial charge in [-0.05, 0) is 37.3 Å². The number of nitro benzene ring substituents is 1. The first-order valence-corrected chi connectivity index (χ1v) is 11.4. The normalized spacial score (nSPS) is 10.4. The van der Waals surface area contributed by atoms with Crippen molar-refractivity contribution in [2.75, 3.05) is 23.5 Å². The second-order valence-corrected chi connectivity index (χ2v) is 8.47. The molecule has 0 aliphatic heterocycles. The molecule has 32 heavy (non-hydrogen) atoms. The van der Waals surface area contributed by atoms with Crippen LogP contribution in [-0.2, 0) is 10.5 Å². The lowest BCUT2D eigenvalue weighted by atomic mass is 10.1. The van der Waals surface area contributed by atoms with Crippen LogP contribution in [0.5, 0.6) is 5.75 Å². The average molecular weight is 473 g/mol. The Bertz CT molecular complexity index is 1130. The van der Waals surface area contributed by atoms with Crippen molar-refractivity contribution in [3.8, 4) is 5.75 Å². The summed E-state index contributed by atoms with van der Waals surface area (Å²) in [7, 11) is 1.58. The van der Waals surface area contributed by atoms with E-state index in [0.29, 0.717) is 27.9 Å². The fraction of sp³-hybridized carbons (Fsp3) is 0.190. The molecule has 166 valence electrons. The van der Waals surface area contributed by atoms with E-state index in [0.717, 1.165) is 5.69 Å². The Morgan fingerprint density at radius 1 is 1.19 bits per heavy atom. The second-order valence-electron chi connectivity index (χ2n) is 6.63. The molecular formula is C21H20N4O5S2. The molecule has 11 heteroatoms. The lowest BCUT2D eigenvalue weighted by Gasteiger charge is -2.06. The molecule has 2 amide bonds. The van der Waals surface area contributed by atoms with Gasteiger partial charge in [0, 0.05) is 34.0 Å². The van der Waals surface area contributed by atoms with Crippen LogP contribution in [0.15, 0.2) is 47.8 Å². The number of aromatic nitrogens is 1. The number of nitrogens with zero attached hydrogens (tertiary/aromatic N) is 2. The van der Waals surface area contributed by atoms with Gasteiger partial charge in [-0.1, -0.05) is 6.07 Å². The molecule has 2 N–H and O–H groups in total. The third-order valence-electron chi connectivity index (χ3n) is 4.30. The first kappa shape index (κ1) is 23.2. The van der Waals surface area contributed by atoms with Gasteiger partial charge in [0.25, 0.3) is 11.6 Å². The Morgan fingerprint density at radius 2 is 1.94 bits per heavy atom. The topological polar surface area (TPSA) is 123 Å². The van der Waals surface area contributed by atoms with E-state index in [1.54, 1.807) is 43.7 Å². The number of aryl methyl sites for hydroxylation is 1. The molecule has 3 aromatic rings. The number of amides is 2. The van der Waals surface area contributed by atoms with Crippen molar-refractivity contribution in [2.24, 2.45) is 0 Å². The van der Waals surface area contributed by atoms with E-state index < -0.39 is 10.8 Å². The third kappa shape index (κ3) is 6.28. The summed E-state index contributed by atoms with van der Waals surface area (Å²) in [5.74, 6) is 0.853. The van der Waals surface area contributed by atoms with E-state index >= 15 is 0 Å². The van der Waals surface area contributed by atoms with Crippen molar-refractivity contribution < 1.29 is 19.2 Å². The maximum absolute atomic E-state index is 12.4. The minimum absolute atomic E-state index is 0.109. The number of ether oxygens (including phenoxy) is 1. The van der Waals surface area contributed by atoms with Crippen LogP contribution in [0.2, 0.25) is 0 Å². The van der Waals surface area contributed by atoms with Crippen LogP contribution in [0.4, 0.5) is 16.5 Å². The van der Waals surface area contributed by atoms with E-state index in [4.69, 9.17) is 4.74 Å². The Labute approximate surface area is 192 Å². The Kier molecular flexibility index (Phi) is 7.79. The van der Waals surface area contributed by atoms with Crippen LogP contribution in [0.25, 0.3) is 0 Å². The lowest BCUT2D eigenvalue weighted by Crippen LogP contribution is -2.14. The van der Waals surface area contributed by atoms with Crippen LogP contribution in [-0.4, -0.2) is 34.6 Å². The number of rotatable bonds is 9. The number of thioether (sulfide) groups is 1. The number of thiazole rings is 1. The van der Waals surface area contributed by atoms with Gasteiger partial charge in [-0.15, -0.1) is 23.1 Å². The smallest absolute Gasteiger partial charge is 0.273 e. The molecule has 2 aromatic carbocycles. The van der Waals surface area contributed by atoms with Crippen molar-refractivity contribution >= 4 is 51.4 Å². The van der Waals surface area contributed by atoms with Gasteiger partial charge in [0.05, 0.1) is 23.5 Å². The number of carbonyl (C=O) groups is 2. The number of methoxy groups -OCH3 is 1. The van der Waals surface area contributed by atoms with Crippen LogP contribution in [0.1, 0.15) is 21.6 Å². The summed E-state index contributed by atoms with van der Waals surface area (Å²) >= 11 is 2.64. The number of carbonyl (C=O) groups excluding carboxylic acids is 2. The highest BCUT2D eigenvalue weighted by molar-refractivity contribution is 7.99. The molecule has 3 rings (SSSR count). The third-order valence-corrected chi connectivity index (χ3v) is 6.07. The molecule has 1 aromatic heterocycles. The molecule has 9 nitrogen and oxygen atoms in total. The molecule has 0 saturated heterocycles. The molecule has 0 aliphatic rings. The van der Waals surface area contributed by atoms with Crippen LogP contribution >= 0.6 is 23.1 Å². The van der Waals surface area contributed by atoms with Crippen molar-refractivity contribution in [2.45, 2.75) is 12.7 Å². The zero-order valence-electron chi connectivity index (χ0n) is 17.3. The number of nitro groups is 1. The average Bonchev–Trinajstić information content (AvgIpc) is 3.21. The largest absolute Gasteiger partial charge is 0.497 e. The molecule has 0 unspecified atom stereocenters. The lowest BCUT2D eigenvalue weighted by molar-refractivity contribution is -0.385. The van der Waals surface area contributed by atoms with Crippen molar-refractivity contribution in [1.29, 1.82) is 0 Å². The first-order valence-electron chi connectivity index (χ1n) is 9.38. The first-order chi connectivity index (χ1) is 15.4. The molecule has 0 aliphatic carbocycles. The zero-order valence-corrected chi connectivity index (χ0v) is 18.9. The summed E-state index contributed by atoms with van der Waals surface area (Å²) in [6, 6.07) is 11.4. The van der Waals surface area contributed by atoms with Gasteiger partial charge in [-0.25, -0.2) is 4.98 Å². The van der Waals surface area contributed by atoms with Gasteiger partial charge in [0.2, 0.25) is 5.91 Å². The molecule has 0 bridgehead atoms. The quantitative estimate of drug-likeness (QED) is 0.347. The second kappa shape index (κ2) is 10.7. The van der Waals surface area contributed by atoms with Gasteiger partial charge in [-0.3, -0.25) is 25.0 Å². The monoisotopic (exact) mass is 472 g/mol. The van der Waals surface area contributed by atoms with Crippen molar-refractivity contribution in [3.05, 3.63) is 74.8 Å². The van der Waals surface area contributed by atoms with Gasteiger partial charge < -0.3 is 10.1 Å². The minimum Gasteiger partial charge on any atom is -0.497 e. The van der Waals surface area contributed by atoms with Crippen molar-refractivity contribution in [3.63, 3.8) is 0 Å². The molecule has 0 radical (unpaired) electrons. The van der Waals surface area contributed by atoms with Gasteiger partial charge in [-0.2, -0.15) is 0 Å². The molecule has 0 spiro atoms. The number of benzene rings is 2. The number of nitrogens with one attached hydrogen (secondary N) is 2. The molecular weight excluding hydrogens is 452 g/mol. The predicted octanol–water partition coefficient (Wildman–Crippen LogP) is 4.49. The highest BCUT2D eigenvalue weighted by Crippen LogP contribution is 2.23. The number of hydrogen-bond acceptors (Lipinski definition) is 8. The fourth-order valence-corrected chi connectivity index (χ4v) is 4.19. The molecule has 0 saturated carbocycles. The summed E-state index contributed by atoms with van der Waals surface area (Å²) in [4.78, 5) is 39.4. The van der Waals surface area contributed by atoms with E-state index in [1.165, 1.54) is 41.3 Å². The van der Waals surface area contributed by atoms with E-state index in [2.05, 4.69) is 15.6 Å². The number of hydrogen-bond donors (Lipinski definition) is 2. The molecule has 1 heterocycles. The SMILES string of the molecule is COc1ccc(NC(=O)CSCc2csc(NC(=O)c3ccc(C)c([N+](=O)[O-])c3)n2)cc1. The summed E-state index contributed by atoms with van der Waals surface area (Å²) in [6.45, 7) is 1.61. The highest BCUT2D eigenvalue weighted by Gasteiger charge is 2.16. The van der Waals surface area contributed by atoms with E-state index in [-0.39, 0.29) is 22.9 Å². The summed E-state index contributed by atoms with van der Waals surface area (Å²) in [5.41, 5.74) is 1.97. The molecule has 0 atom stereocenters. The highest BCUT2D eigenvalue weighted by atomic mass is 32.2. The summed E-state index contributed by atoms with van der Waals surface area (Å²) in [6.07, 6.45) is 0. The van der Waals surface area contributed by atoms with Crippen LogP contribution in [0, 0.1) is 17.0 Å². The van der Waals surface area contributed by atoms with Crippen molar-refractivity contribution in [1.82, 2.24) is 4.98 Å².